The summed E-state index contributed by atoms with van der Waals surface area (Å²) in [4.78, 5) is 25.7. The van der Waals surface area contributed by atoms with Gasteiger partial charge >= 0.3 is 6.03 Å². The highest BCUT2D eigenvalue weighted by atomic mass is 16.5. The van der Waals surface area contributed by atoms with Gasteiger partial charge in [-0.2, -0.15) is 0 Å². The number of rotatable bonds is 5. The van der Waals surface area contributed by atoms with E-state index < -0.39 is 6.04 Å². The van der Waals surface area contributed by atoms with Crippen molar-refractivity contribution in [1.29, 1.82) is 0 Å². The molecule has 118 valence electrons. The second-order valence-corrected chi connectivity index (χ2v) is 5.92. The fourth-order valence-electron chi connectivity index (χ4n) is 3.15. The highest BCUT2D eigenvalue weighted by Gasteiger charge is 2.34. The Morgan fingerprint density at radius 1 is 1.14 bits per heavy atom. The van der Waals surface area contributed by atoms with E-state index >= 15 is 0 Å². The van der Waals surface area contributed by atoms with Crippen molar-refractivity contribution in [1.82, 2.24) is 15.5 Å². The summed E-state index contributed by atoms with van der Waals surface area (Å²) in [5.74, 6) is -0.0423. The molecule has 0 radical (unpaired) electrons. The molecule has 0 spiro atoms. The third-order valence-electron chi connectivity index (χ3n) is 4.28. The summed E-state index contributed by atoms with van der Waals surface area (Å²) in [6, 6.07) is -0.747. The number of hydrogen-bond donors (Lipinski definition) is 2. The maximum absolute atomic E-state index is 12.6. The molecule has 0 bridgehead atoms. The first-order valence-electron chi connectivity index (χ1n) is 7.79. The smallest absolute Gasteiger partial charge is 0.315 e. The Balaban J connectivity index is 1.61. The molecule has 3 rings (SSSR count). The molecule has 0 aliphatic carbocycles. The Kier molecular flexibility index (Phi) is 4.60. The molecule has 2 N–H and O–H groups in total. The van der Waals surface area contributed by atoms with Gasteiger partial charge in [0.2, 0.25) is 5.91 Å². The summed E-state index contributed by atoms with van der Waals surface area (Å²) in [5.41, 5.74) is 0. The summed E-state index contributed by atoms with van der Waals surface area (Å²) in [6.45, 7) is 3.07. The van der Waals surface area contributed by atoms with Crippen molar-refractivity contribution in [2.24, 2.45) is 0 Å². The molecule has 7 nitrogen and oxygen atoms in total. The van der Waals surface area contributed by atoms with E-state index in [1.54, 1.807) is 0 Å². The molecule has 3 aliphatic heterocycles. The average Bonchev–Trinajstić information content (AvgIpc) is 3.19. The van der Waals surface area contributed by atoms with Gasteiger partial charge in [0.1, 0.15) is 6.04 Å². The molecule has 0 unspecified atom stereocenters. The van der Waals surface area contributed by atoms with E-state index in [2.05, 4.69) is 10.6 Å². The number of carbonyl (C=O) groups is 2. The largest absolute Gasteiger partial charge is 0.376 e. The van der Waals surface area contributed by atoms with Crippen LogP contribution in [0.15, 0.2) is 0 Å². The van der Waals surface area contributed by atoms with Crippen molar-refractivity contribution in [2.45, 2.75) is 43.9 Å². The van der Waals surface area contributed by atoms with Crippen molar-refractivity contribution in [3.63, 3.8) is 0 Å². The summed E-state index contributed by atoms with van der Waals surface area (Å²) in [6.07, 6.45) is 4.30. The predicted octanol–water partition coefficient (Wildman–Crippen LogP) is -0.146. The number of nitrogens with zero attached hydrogens (tertiary/aromatic N) is 1. The van der Waals surface area contributed by atoms with E-state index in [1.165, 1.54) is 0 Å². The van der Waals surface area contributed by atoms with Gasteiger partial charge in [0, 0.05) is 32.8 Å². The van der Waals surface area contributed by atoms with E-state index in [4.69, 9.17) is 9.47 Å². The van der Waals surface area contributed by atoms with Crippen LogP contribution in [0.25, 0.3) is 0 Å². The first-order valence-corrected chi connectivity index (χ1v) is 7.79. The minimum atomic E-state index is -0.472. The Hall–Kier alpha value is -1.34. The van der Waals surface area contributed by atoms with Gasteiger partial charge < -0.3 is 25.0 Å². The molecule has 3 amide bonds. The highest BCUT2D eigenvalue weighted by Crippen LogP contribution is 2.18. The Morgan fingerprint density at radius 2 is 1.76 bits per heavy atom. The van der Waals surface area contributed by atoms with Gasteiger partial charge in [0.25, 0.3) is 0 Å². The number of carbonyl (C=O) groups excluding carboxylic acids is 2. The summed E-state index contributed by atoms with van der Waals surface area (Å²) >= 11 is 0. The molecule has 0 saturated carbocycles. The van der Waals surface area contributed by atoms with Crippen molar-refractivity contribution in [2.75, 3.05) is 32.8 Å². The standard InChI is InChI=1S/C14H23N3O4/c18-13(12-7-15-14(19)16-12)17(8-10-3-1-5-20-10)9-11-4-2-6-21-11/h10-12H,1-9H2,(H2,15,16,19)/t10-,11-,12+/m0/s1. The predicted molar refractivity (Wildman–Crippen MR) is 74.9 cm³/mol. The van der Waals surface area contributed by atoms with Crippen molar-refractivity contribution < 1.29 is 19.1 Å². The van der Waals surface area contributed by atoms with Crippen LogP contribution in [0.3, 0.4) is 0 Å². The van der Waals surface area contributed by atoms with Gasteiger partial charge in [-0.1, -0.05) is 0 Å². The van der Waals surface area contributed by atoms with Crippen molar-refractivity contribution in [3.05, 3.63) is 0 Å². The van der Waals surface area contributed by atoms with Crippen LogP contribution in [0.1, 0.15) is 25.7 Å². The molecular weight excluding hydrogens is 274 g/mol. The quantitative estimate of drug-likeness (QED) is 0.740. The lowest BCUT2D eigenvalue weighted by Crippen LogP contribution is -2.50. The van der Waals surface area contributed by atoms with E-state index in [1.807, 2.05) is 4.90 Å². The molecule has 3 atom stereocenters. The second kappa shape index (κ2) is 6.62. The SMILES string of the molecule is O=C1NC[C@H](C(=O)N(C[C@@H]2CCCO2)C[C@@H]2CCCO2)N1. The van der Waals surface area contributed by atoms with E-state index in [0.717, 1.165) is 38.9 Å². The monoisotopic (exact) mass is 297 g/mol. The van der Waals surface area contributed by atoms with Gasteiger partial charge in [-0.05, 0) is 25.7 Å². The van der Waals surface area contributed by atoms with Crippen LogP contribution in [0.4, 0.5) is 4.79 Å². The molecule has 21 heavy (non-hydrogen) atoms. The van der Waals surface area contributed by atoms with Gasteiger partial charge in [0.15, 0.2) is 0 Å². The average molecular weight is 297 g/mol. The fraction of sp³-hybridized carbons (Fsp3) is 0.857. The van der Waals surface area contributed by atoms with E-state index in [9.17, 15) is 9.59 Å². The number of ether oxygens (including phenoxy) is 2. The van der Waals surface area contributed by atoms with Crippen LogP contribution in [-0.4, -0.2) is 67.9 Å². The number of hydrogen-bond acceptors (Lipinski definition) is 4. The number of urea groups is 1. The Morgan fingerprint density at radius 3 is 2.19 bits per heavy atom. The van der Waals surface area contributed by atoms with Crippen molar-refractivity contribution in [3.8, 4) is 0 Å². The fourth-order valence-corrected chi connectivity index (χ4v) is 3.15. The number of amides is 3. The summed E-state index contributed by atoms with van der Waals surface area (Å²) in [7, 11) is 0. The molecule has 0 aromatic rings. The van der Waals surface area contributed by atoms with Gasteiger partial charge in [0.05, 0.1) is 12.2 Å². The van der Waals surface area contributed by atoms with Crippen LogP contribution in [0, 0.1) is 0 Å². The van der Waals surface area contributed by atoms with Crippen LogP contribution in [0.2, 0.25) is 0 Å². The first kappa shape index (κ1) is 14.6. The maximum Gasteiger partial charge on any atom is 0.315 e. The molecule has 7 heteroatoms. The first-order chi connectivity index (χ1) is 10.2. The lowest BCUT2D eigenvalue weighted by molar-refractivity contribution is -0.136. The van der Waals surface area contributed by atoms with Crippen LogP contribution in [0.5, 0.6) is 0 Å². The summed E-state index contributed by atoms with van der Waals surface area (Å²) < 4.78 is 11.3. The van der Waals surface area contributed by atoms with E-state index in [-0.39, 0.29) is 24.1 Å². The second-order valence-electron chi connectivity index (χ2n) is 5.92. The highest BCUT2D eigenvalue weighted by molar-refractivity contribution is 5.90. The van der Waals surface area contributed by atoms with Crippen LogP contribution >= 0.6 is 0 Å². The lowest BCUT2D eigenvalue weighted by Gasteiger charge is -2.29. The topological polar surface area (TPSA) is 79.9 Å². The Labute approximate surface area is 124 Å². The molecule has 0 aromatic heterocycles. The zero-order chi connectivity index (χ0) is 14.7. The molecule has 0 aromatic carbocycles. The van der Waals surface area contributed by atoms with Crippen molar-refractivity contribution >= 4 is 11.9 Å². The third kappa shape index (κ3) is 3.65. The van der Waals surface area contributed by atoms with Gasteiger partial charge in [-0.15, -0.1) is 0 Å². The molecule has 3 saturated heterocycles. The van der Waals surface area contributed by atoms with Crippen LogP contribution < -0.4 is 10.6 Å². The van der Waals surface area contributed by atoms with Gasteiger partial charge in [-0.25, -0.2) is 4.79 Å². The van der Waals surface area contributed by atoms with Crippen LogP contribution in [-0.2, 0) is 14.3 Å². The number of nitrogens with one attached hydrogen (secondary N) is 2. The normalized spacial score (nSPS) is 32.0. The molecule has 3 fully saturated rings. The van der Waals surface area contributed by atoms with E-state index in [0.29, 0.717) is 19.6 Å². The molecule has 3 aliphatic rings. The zero-order valence-corrected chi connectivity index (χ0v) is 12.2. The molecule has 3 heterocycles. The third-order valence-corrected chi connectivity index (χ3v) is 4.28. The minimum absolute atomic E-state index is 0.0423. The zero-order valence-electron chi connectivity index (χ0n) is 12.2. The van der Waals surface area contributed by atoms with Gasteiger partial charge in [-0.3, -0.25) is 4.79 Å². The minimum Gasteiger partial charge on any atom is -0.376 e. The lowest BCUT2D eigenvalue weighted by atomic mass is 10.1. The Bertz CT molecular complexity index is 374. The molecular formula is C14H23N3O4. The summed E-state index contributed by atoms with van der Waals surface area (Å²) in [5, 5.41) is 5.29. The maximum atomic E-state index is 12.6.